The molecule has 0 spiro atoms. The molecule has 0 radical (unpaired) electrons. The van der Waals surface area contributed by atoms with Gasteiger partial charge in [0.15, 0.2) is 0 Å². The van der Waals surface area contributed by atoms with Gasteiger partial charge < -0.3 is 4.90 Å². The first-order valence-corrected chi connectivity index (χ1v) is 11.1. The highest BCUT2D eigenvalue weighted by Crippen LogP contribution is 2.45. The van der Waals surface area contributed by atoms with Gasteiger partial charge in [-0.2, -0.15) is 0 Å². The van der Waals surface area contributed by atoms with Gasteiger partial charge >= 0.3 is 0 Å². The highest BCUT2D eigenvalue weighted by atomic mass is 16.2. The minimum absolute atomic E-state index is 0.262. The van der Waals surface area contributed by atoms with Crippen LogP contribution < -0.4 is 0 Å². The van der Waals surface area contributed by atoms with Gasteiger partial charge in [-0.1, -0.05) is 80.1 Å². The van der Waals surface area contributed by atoms with Crippen LogP contribution in [-0.2, 0) is 4.79 Å². The standard InChI is InChI=1S/C23H45NO/c1-7-11-13-17-23(6,10-4)20(24-18-14-15-21(24)25)19-22(5,9-3)16-12-8-2/h20H,7-19H2,1-6H3. The maximum Gasteiger partial charge on any atom is 0.222 e. The number of carbonyl (C=O) groups is 1. The summed E-state index contributed by atoms with van der Waals surface area (Å²) >= 11 is 0. The number of likely N-dealkylation sites (tertiary alicyclic amines) is 1. The molecule has 1 fully saturated rings. The normalized spacial score (nSPS) is 21.2. The van der Waals surface area contributed by atoms with E-state index in [-0.39, 0.29) is 5.41 Å². The van der Waals surface area contributed by atoms with Gasteiger partial charge in [0.2, 0.25) is 5.91 Å². The molecule has 3 unspecified atom stereocenters. The predicted molar refractivity (Wildman–Crippen MR) is 110 cm³/mol. The molecule has 0 aromatic rings. The SMILES string of the molecule is CCCCCC(C)(CC)C(CC(C)(CC)CCCC)N1CCCC1=O. The second kappa shape index (κ2) is 10.6. The quantitative estimate of drug-likeness (QED) is 0.328. The van der Waals surface area contributed by atoms with Gasteiger partial charge in [0, 0.05) is 19.0 Å². The fraction of sp³-hybridized carbons (Fsp3) is 0.957. The summed E-state index contributed by atoms with van der Waals surface area (Å²) in [6, 6.07) is 0.422. The Morgan fingerprint density at radius 1 is 0.960 bits per heavy atom. The molecule has 1 aliphatic rings. The largest absolute Gasteiger partial charge is 0.339 e. The van der Waals surface area contributed by atoms with Crippen LogP contribution >= 0.6 is 0 Å². The van der Waals surface area contributed by atoms with Gasteiger partial charge in [0.05, 0.1) is 0 Å². The molecule has 1 aliphatic heterocycles. The Balaban J connectivity index is 3.03. The Hall–Kier alpha value is -0.530. The van der Waals surface area contributed by atoms with E-state index in [4.69, 9.17) is 0 Å². The number of hydrogen-bond donors (Lipinski definition) is 0. The molecule has 2 heteroatoms. The van der Waals surface area contributed by atoms with Crippen LogP contribution in [0.15, 0.2) is 0 Å². The van der Waals surface area contributed by atoms with E-state index in [9.17, 15) is 4.79 Å². The van der Waals surface area contributed by atoms with Crippen LogP contribution in [0.3, 0.4) is 0 Å². The van der Waals surface area contributed by atoms with Crippen LogP contribution in [0.1, 0.15) is 119 Å². The van der Waals surface area contributed by atoms with Crippen molar-refractivity contribution in [3.05, 3.63) is 0 Å². The molecule has 0 N–H and O–H groups in total. The third-order valence-corrected chi connectivity index (χ3v) is 7.12. The summed E-state index contributed by atoms with van der Waals surface area (Å²) in [5.74, 6) is 0.411. The van der Waals surface area contributed by atoms with Crippen molar-refractivity contribution >= 4 is 5.91 Å². The lowest BCUT2D eigenvalue weighted by molar-refractivity contribution is -0.133. The van der Waals surface area contributed by atoms with Gasteiger partial charge in [0.25, 0.3) is 0 Å². The van der Waals surface area contributed by atoms with Crippen molar-refractivity contribution < 1.29 is 4.79 Å². The fourth-order valence-corrected chi connectivity index (χ4v) is 4.58. The van der Waals surface area contributed by atoms with E-state index in [2.05, 4.69) is 46.4 Å². The first-order valence-electron chi connectivity index (χ1n) is 11.1. The third-order valence-electron chi connectivity index (χ3n) is 7.12. The maximum atomic E-state index is 12.6. The van der Waals surface area contributed by atoms with Crippen molar-refractivity contribution in [1.82, 2.24) is 4.90 Å². The van der Waals surface area contributed by atoms with E-state index >= 15 is 0 Å². The van der Waals surface area contributed by atoms with E-state index in [1.54, 1.807) is 0 Å². The molecule has 0 bridgehead atoms. The van der Waals surface area contributed by atoms with Crippen molar-refractivity contribution in [2.24, 2.45) is 10.8 Å². The summed E-state index contributed by atoms with van der Waals surface area (Å²) in [4.78, 5) is 14.9. The highest BCUT2D eigenvalue weighted by Gasteiger charge is 2.43. The molecule has 1 saturated heterocycles. The average Bonchev–Trinajstić information content (AvgIpc) is 3.03. The zero-order valence-electron chi connectivity index (χ0n) is 18.1. The van der Waals surface area contributed by atoms with Gasteiger partial charge in [-0.3, -0.25) is 4.79 Å². The summed E-state index contributed by atoms with van der Waals surface area (Å²) in [5, 5.41) is 0. The number of amides is 1. The Morgan fingerprint density at radius 3 is 2.12 bits per heavy atom. The molecule has 0 aliphatic carbocycles. The molecule has 0 aromatic carbocycles. The van der Waals surface area contributed by atoms with Gasteiger partial charge in [-0.25, -0.2) is 0 Å². The lowest BCUT2D eigenvalue weighted by Crippen LogP contribution is -2.49. The third kappa shape index (κ3) is 6.29. The highest BCUT2D eigenvalue weighted by molar-refractivity contribution is 5.78. The lowest BCUT2D eigenvalue weighted by Gasteiger charge is -2.47. The summed E-state index contributed by atoms with van der Waals surface area (Å²) in [7, 11) is 0. The van der Waals surface area contributed by atoms with Crippen molar-refractivity contribution in [1.29, 1.82) is 0 Å². The van der Waals surface area contributed by atoms with E-state index in [0.29, 0.717) is 17.4 Å². The molecular weight excluding hydrogens is 306 g/mol. The first kappa shape index (κ1) is 22.5. The van der Waals surface area contributed by atoms with E-state index in [1.165, 1.54) is 64.2 Å². The molecule has 1 rings (SSSR count). The van der Waals surface area contributed by atoms with Gasteiger partial charge in [-0.15, -0.1) is 0 Å². The monoisotopic (exact) mass is 351 g/mol. The van der Waals surface area contributed by atoms with Crippen LogP contribution in [0.5, 0.6) is 0 Å². The van der Waals surface area contributed by atoms with Crippen LogP contribution in [0.25, 0.3) is 0 Å². The number of carbonyl (C=O) groups excluding carboxylic acids is 1. The number of unbranched alkanes of at least 4 members (excludes halogenated alkanes) is 3. The van der Waals surface area contributed by atoms with Crippen LogP contribution in [-0.4, -0.2) is 23.4 Å². The van der Waals surface area contributed by atoms with Crippen LogP contribution in [0.2, 0.25) is 0 Å². The fourth-order valence-electron chi connectivity index (χ4n) is 4.58. The van der Waals surface area contributed by atoms with Crippen molar-refractivity contribution in [2.45, 2.75) is 125 Å². The van der Waals surface area contributed by atoms with E-state index < -0.39 is 0 Å². The average molecular weight is 352 g/mol. The second-order valence-corrected chi connectivity index (χ2v) is 9.14. The topological polar surface area (TPSA) is 20.3 Å². The lowest BCUT2D eigenvalue weighted by atomic mass is 9.67. The van der Waals surface area contributed by atoms with Crippen molar-refractivity contribution in [2.75, 3.05) is 6.54 Å². The molecular formula is C23H45NO. The predicted octanol–water partition coefficient (Wildman–Crippen LogP) is 6.97. The number of nitrogens with zero attached hydrogens (tertiary/aromatic N) is 1. The zero-order chi connectivity index (χ0) is 18.9. The second-order valence-electron chi connectivity index (χ2n) is 9.14. The molecule has 1 amide bonds. The first-order chi connectivity index (χ1) is 11.9. The molecule has 3 atom stereocenters. The Bertz CT molecular complexity index is 394. The number of rotatable bonds is 13. The van der Waals surface area contributed by atoms with Gasteiger partial charge in [0.1, 0.15) is 0 Å². The Labute approximate surface area is 158 Å². The Morgan fingerprint density at radius 2 is 1.64 bits per heavy atom. The summed E-state index contributed by atoms with van der Waals surface area (Å²) in [5.41, 5.74) is 0.628. The minimum Gasteiger partial charge on any atom is -0.339 e. The molecule has 25 heavy (non-hydrogen) atoms. The molecule has 2 nitrogen and oxygen atoms in total. The molecule has 148 valence electrons. The smallest absolute Gasteiger partial charge is 0.222 e. The summed E-state index contributed by atoms with van der Waals surface area (Å²) in [6.07, 6.45) is 14.4. The Kier molecular flexibility index (Phi) is 9.52. The molecule has 0 saturated carbocycles. The van der Waals surface area contributed by atoms with Crippen molar-refractivity contribution in [3.63, 3.8) is 0 Å². The molecule has 0 aromatic heterocycles. The van der Waals surface area contributed by atoms with Crippen LogP contribution in [0.4, 0.5) is 0 Å². The van der Waals surface area contributed by atoms with E-state index in [0.717, 1.165) is 19.4 Å². The maximum absolute atomic E-state index is 12.6. The van der Waals surface area contributed by atoms with Crippen molar-refractivity contribution in [3.8, 4) is 0 Å². The van der Waals surface area contributed by atoms with Crippen LogP contribution in [0, 0.1) is 10.8 Å². The van der Waals surface area contributed by atoms with E-state index in [1.807, 2.05) is 0 Å². The summed E-state index contributed by atoms with van der Waals surface area (Å²) < 4.78 is 0. The van der Waals surface area contributed by atoms with Gasteiger partial charge in [-0.05, 0) is 42.9 Å². The minimum atomic E-state index is 0.262. The molecule has 1 heterocycles. The number of hydrogen-bond acceptors (Lipinski definition) is 1. The summed E-state index contributed by atoms with van der Waals surface area (Å²) in [6.45, 7) is 15.2. The zero-order valence-corrected chi connectivity index (χ0v) is 18.1.